The number of halogens is 3. The Labute approximate surface area is 196 Å². The minimum Gasteiger partial charge on any atom is -0.499 e. The first-order valence-corrected chi connectivity index (χ1v) is 11.7. The van der Waals surface area contributed by atoms with E-state index in [2.05, 4.69) is 0 Å². The molecule has 9 heteroatoms. The highest BCUT2D eigenvalue weighted by atomic mass is 32.1. The Kier molecular flexibility index (Phi) is 5.45. The minimum atomic E-state index is -2.48. The zero-order valence-corrected chi connectivity index (χ0v) is 19.8. The SMILES string of the molecule is CCC(=O)O[C@]1(C(O)=S)[C@H](C)C[C@H]2[C@@H]3C[C@H](F)C4=C(F)C(=O)C=C[C@]4(C)[C@@]3(F)[C@@H](O)C[C@@]21C. The molecule has 0 bridgehead atoms. The van der Waals surface area contributed by atoms with Crippen molar-refractivity contribution in [2.75, 3.05) is 0 Å². The van der Waals surface area contributed by atoms with Crippen LogP contribution in [0.15, 0.2) is 23.6 Å². The number of ketones is 1. The Hall–Kier alpha value is -1.74. The lowest BCUT2D eigenvalue weighted by Crippen LogP contribution is -2.71. The highest BCUT2D eigenvalue weighted by Crippen LogP contribution is 2.72. The van der Waals surface area contributed by atoms with Gasteiger partial charge in [0.25, 0.3) is 0 Å². The zero-order valence-electron chi connectivity index (χ0n) is 19.0. The van der Waals surface area contributed by atoms with Crippen molar-refractivity contribution in [3.05, 3.63) is 23.6 Å². The van der Waals surface area contributed by atoms with Crippen LogP contribution in [-0.4, -0.2) is 50.6 Å². The molecule has 4 aliphatic rings. The summed E-state index contributed by atoms with van der Waals surface area (Å²) >= 11 is 5.15. The number of thiocarbonyl (C=S) groups is 1. The first-order chi connectivity index (χ1) is 15.2. The van der Waals surface area contributed by atoms with Gasteiger partial charge in [-0.1, -0.05) is 26.8 Å². The number of ether oxygens (including phenoxy) is 1. The Morgan fingerprint density at radius 2 is 1.94 bits per heavy atom. The van der Waals surface area contributed by atoms with Gasteiger partial charge in [-0.05, 0) is 50.4 Å². The molecule has 0 aromatic rings. The number of carbonyl (C=O) groups is 2. The van der Waals surface area contributed by atoms with Crippen molar-refractivity contribution in [3.63, 3.8) is 0 Å². The van der Waals surface area contributed by atoms with Gasteiger partial charge in [0.15, 0.2) is 17.1 Å². The van der Waals surface area contributed by atoms with E-state index in [0.29, 0.717) is 0 Å². The molecule has 0 aromatic heterocycles. The third-order valence-electron chi connectivity index (χ3n) is 9.13. The fraction of sp³-hybridized carbons (Fsp3) is 0.708. The van der Waals surface area contributed by atoms with Crippen LogP contribution in [0.3, 0.4) is 0 Å². The molecular weight excluding hydrogens is 457 g/mol. The van der Waals surface area contributed by atoms with E-state index in [9.17, 15) is 24.2 Å². The molecule has 0 aromatic carbocycles. The van der Waals surface area contributed by atoms with Crippen molar-refractivity contribution in [2.45, 2.75) is 76.9 Å². The minimum absolute atomic E-state index is 0.0216. The number of alkyl halides is 2. The number of fused-ring (bicyclic) bond motifs is 5. The average Bonchev–Trinajstić information content (AvgIpc) is 2.95. The van der Waals surface area contributed by atoms with Crippen LogP contribution in [0.5, 0.6) is 0 Å². The molecular formula is C24H29F3O5S. The molecule has 4 rings (SSSR count). The lowest BCUT2D eigenvalue weighted by molar-refractivity contribution is -0.222. The monoisotopic (exact) mass is 486 g/mol. The summed E-state index contributed by atoms with van der Waals surface area (Å²) in [4.78, 5) is 24.2. The topological polar surface area (TPSA) is 83.8 Å². The maximum atomic E-state index is 17.1. The van der Waals surface area contributed by atoms with Crippen molar-refractivity contribution in [1.29, 1.82) is 0 Å². The summed E-state index contributed by atoms with van der Waals surface area (Å²) in [5.74, 6) is -5.20. The van der Waals surface area contributed by atoms with E-state index < -0.39 is 86.8 Å². The Morgan fingerprint density at radius 3 is 2.52 bits per heavy atom. The average molecular weight is 487 g/mol. The van der Waals surface area contributed by atoms with E-state index in [1.54, 1.807) is 20.8 Å². The summed E-state index contributed by atoms with van der Waals surface area (Å²) in [6.45, 7) is 6.31. The van der Waals surface area contributed by atoms with E-state index in [1.807, 2.05) is 0 Å². The zero-order chi connectivity index (χ0) is 24.7. The molecule has 0 aliphatic heterocycles. The van der Waals surface area contributed by atoms with Crippen LogP contribution in [0.25, 0.3) is 0 Å². The number of hydrogen-bond acceptors (Lipinski definition) is 5. The lowest BCUT2D eigenvalue weighted by atomic mass is 9.44. The van der Waals surface area contributed by atoms with Gasteiger partial charge in [0, 0.05) is 34.7 Å². The van der Waals surface area contributed by atoms with Gasteiger partial charge in [0.1, 0.15) is 6.17 Å². The van der Waals surface area contributed by atoms with Crippen molar-refractivity contribution in [2.24, 2.45) is 28.6 Å². The summed E-state index contributed by atoms with van der Waals surface area (Å²) in [7, 11) is 0. The van der Waals surface area contributed by atoms with Crippen LogP contribution in [0.1, 0.15) is 53.4 Å². The molecule has 4 aliphatic carbocycles. The number of aliphatic hydroxyl groups excluding tert-OH is 2. The Bertz CT molecular complexity index is 997. The molecule has 0 amide bonds. The largest absolute Gasteiger partial charge is 0.499 e. The van der Waals surface area contributed by atoms with Crippen LogP contribution in [-0.2, 0) is 14.3 Å². The summed E-state index contributed by atoms with van der Waals surface area (Å²) in [6.07, 6.45) is -2.02. The molecule has 5 nitrogen and oxygen atoms in total. The van der Waals surface area contributed by atoms with Gasteiger partial charge in [-0.25, -0.2) is 13.2 Å². The van der Waals surface area contributed by atoms with E-state index in [1.165, 1.54) is 6.92 Å². The Balaban J connectivity index is 1.89. The third kappa shape index (κ3) is 2.72. The summed E-state index contributed by atoms with van der Waals surface area (Å²) in [5, 5.41) is 21.3. The van der Waals surface area contributed by atoms with Gasteiger partial charge in [0.2, 0.25) is 10.8 Å². The maximum absolute atomic E-state index is 17.1. The molecule has 3 saturated carbocycles. The molecule has 0 unspecified atom stereocenters. The van der Waals surface area contributed by atoms with Crippen molar-refractivity contribution in [1.82, 2.24) is 0 Å². The molecule has 0 radical (unpaired) electrons. The second-order valence-electron chi connectivity index (χ2n) is 10.5. The van der Waals surface area contributed by atoms with Crippen molar-refractivity contribution in [3.8, 4) is 0 Å². The molecule has 33 heavy (non-hydrogen) atoms. The summed E-state index contributed by atoms with van der Waals surface area (Å²) < 4.78 is 53.1. The predicted octanol–water partition coefficient (Wildman–Crippen LogP) is 4.43. The lowest BCUT2D eigenvalue weighted by Gasteiger charge is -2.63. The molecule has 0 spiro atoms. The predicted molar refractivity (Wildman–Crippen MR) is 118 cm³/mol. The van der Waals surface area contributed by atoms with Crippen LogP contribution in [0.2, 0.25) is 0 Å². The number of hydrogen-bond donors (Lipinski definition) is 2. The van der Waals surface area contributed by atoms with Crippen LogP contribution < -0.4 is 0 Å². The van der Waals surface area contributed by atoms with E-state index >= 15 is 8.78 Å². The first kappa shape index (κ1) is 24.4. The van der Waals surface area contributed by atoms with Gasteiger partial charge in [-0.3, -0.25) is 9.59 Å². The van der Waals surface area contributed by atoms with Gasteiger partial charge < -0.3 is 14.9 Å². The van der Waals surface area contributed by atoms with E-state index in [4.69, 9.17) is 17.0 Å². The number of rotatable bonds is 3. The second kappa shape index (κ2) is 7.38. The quantitative estimate of drug-likeness (QED) is 0.454. The molecule has 0 saturated heterocycles. The standard InChI is InChI=1S/C24H29F3O5S/c1-5-17(30)32-24(20(31)33)11(2)8-12-13-9-14(25)18-19(26)15(28)6-7-21(18,3)23(13,27)16(29)10-22(12,24)4/h6-7,11-14,16,29H,5,8-10H2,1-4H3,(H,31,33)/t11-,12+,13+,14+,16+,21+,22+,23+,24+/m1/s1. The highest BCUT2D eigenvalue weighted by Gasteiger charge is 2.78. The van der Waals surface area contributed by atoms with Gasteiger partial charge >= 0.3 is 5.97 Å². The fourth-order valence-electron chi connectivity index (χ4n) is 7.59. The summed E-state index contributed by atoms with van der Waals surface area (Å²) in [6, 6.07) is 0. The smallest absolute Gasteiger partial charge is 0.306 e. The van der Waals surface area contributed by atoms with Crippen molar-refractivity contribution >= 4 is 29.0 Å². The molecule has 182 valence electrons. The van der Waals surface area contributed by atoms with Crippen LogP contribution in [0.4, 0.5) is 13.2 Å². The van der Waals surface area contributed by atoms with Gasteiger partial charge in [-0.2, -0.15) is 0 Å². The molecule has 0 heterocycles. The van der Waals surface area contributed by atoms with E-state index in [-0.39, 0.29) is 19.3 Å². The number of aliphatic hydroxyl groups is 2. The normalized spacial score (nSPS) is 48.7. The first-order valence-electron chi connectivity index (χ1n) is 11.3. The second-order valence-corrected chi connectivity index (χ2v) is 10.8. The van der Waals surface area contributed by atoms with Gasteiger partial charge in [-0.15, -0.1) is 0 Å². The number of allylic oxidation sites excluding steroid dienone is 4. The Morgan fingerprint density at radius 1 is 1.30 bits per heavy atom. The van der Waals surface area contributed by atoms with E-state index in [0.717, 1.165) is 12.2 Å². The van der Waals surface area contributed by atoms with Crippen LogP contribution >= 0.6 is 12.2 Å². The number of esters is 1. The highest BCUT2D eigenvalue weighted by molar-refractivity contribution is 7.80. The number of carbonyl (C=O) groups excluding carboxylic acids is 2. The maximum Gasteiger partial charge on any atom is 0.306 e. The molecule has 9 atom stereocenters. The van der Waals surface area contributed by atoms with Crippen molar-refractivity contribution < 1.29 is 37.7 Å². The van der Waals surface area contributed by atoms with Gasteiger partial charge in [0.05, 0.1) is 6.10 Å². The summed E-state index contributed by atoms with van der Waals surface area (Å²) in [5.41, 5.74) is -7.77. The molecule has 3 fully saturated rings. The van der Waals surface area contributed by atoms with Crippen LogP contribution in [0, 0.1) is 28.6 Å². The third-order valence-corrected chi connectivity index (χ3v) is 9.43. The molecule has 2 N–H and O–H groups in total. The fourth-order valence-corrected chi connectivity index (χ4v) is 8.06.